The van der Waals surface area contributed by atoms with Gasteiger partial charge in [0.05, 0.1) is 6.20 Å². The van der Waals surface area contributed by atoms with Crippen LogP contribution in [0, 0.1) is 5.82 Å². The zero-order valence-electron chi connectivity index (χ0n) is 7.41. The number of halogens is 1. The lowest BCUT2D eigenvalue weighted by molar-refractivity contribution is 0.561. The first kappa shape index (κ1) is 9.86. The Morgan fingerprint density at radius 2 is 2.46 bits per heavy atom. The minimum Gasteiger partial charge on any atom is -0.324 e. The number of pyridine rings is 1. The summed E-state index contributed by atoms with van der Waals surface area (Å²) >= 11 is 0. The summed E-state index contributed by atoms with van der Waals surface area (Å²) < 4.78 is 13.1. The third-order valence-corrected chi connectivity index (χ3v) is 1.89. The van der Waals surface area contributed by atoms with Crippen LogP contribution in [0.3, 0.4) is 0 Å². The van der Waals surface area contributed by atoms with Gasteiger partial charge in [0.25, 0.3) is 0 Å². The van der Waals surface area contributed by atoms with Crippen LogP contribution in [0.15, 0.2) is 31.1 Å². The third kappa shape index (κ3) is 2.63. The molecule has 0 saturated heterocycles. The lowest BCUT2D eigenvalue weighted by atomic mass is 10.0. The molecule has 1 aromatic heterocycles. The van der Waals surface area contributed by atoms with Crippen LogP contribution in [0.5, 0.6) is 0 Å². The average molecular weight is 180 g/mol. The fraction of sp³-hybridized carbons (Fsp3) is 0.300. The highest BCUT2D eigenvalue weighted by Gasteiger charge is 2.09. The Hall–Kier alpha value is -1.22. The third-order valence-electron chi connectivity index (χ3n) is 1.89. The van der Waals surface area contributed by atoms with Crippen LogP contribution in [-0.4, -0.2) is 4.98 Å². The molecular weight excluding hydrogens is 167 g/mol. The van der Waals surface area contributed by atoms with Crippen molar-refractivity contribution in [2.24, 2.45) is 5.73 Å². The van der Waals surface area contributed by atoms with E-state index in [9.17, 15) is 4.39 Å². The van der Waals surface area contributed by atoms with Gasteiger partial charge in [-0.2, -0.15) is 0 Å². The van der Waals surface area contributed by atoms with Gasteiger partial charge in [0.1, 0.15) is 5.82 Å². The average Bonchev–Trinajstić information content (AvgIpc) is 2.15. The second-order valence-corrected chi connectivity index (χ2v) is 2.87. The van der Waals surface area contributed by atoms with Crippen LogP contribution in [-0.2, 0) is 0 Å². The van der Waals surface area contributed by atoms with E-state index in [1.54, 1.807) is 18.3 Å². The molecule has 0 saturated carbocycles. The molecule has 1 aromatic rings. The Bertz CT molecular complexity index is 286. The molecule has 0 aliphatic heterocycles. The molecule has 0 radical (unpaired) electrons. The molecule has 0 bridgehead atoms. The standard InChI is InChI=1S/C10H13FN2/c1-2-3-4-10(12)8-5-6-13-7-9(8)11/h2,5-7,10H,1,3-4,12H2. The normalized spacial score (nSPS) is 12.5. The first-order valence-corrected chi connectivity index (χ1v) is 4.21. The molecule has 0 aliphatic carbocycles. The molecule has 1 unspecified atom stereocenters. The highest BCUT2D eigenvalue weighted by molar-refractivity contribution is 5.16. The van der Waals surface area contributed by atoms with Gasteiger partial charge in [-0.1, -0.05) is 6.08 Å². The fourth-order valence-electron chi connectivity index (χ4n) is 1.14. The minimum atomic E-state index is -0.334. The zero-order valence-corrected chi connectivity index (χ0v) is 7.41. The van der Waals surface area contributed by atoms with Gasteiger partial charge in [-0.05, 0) is 18.9 Å². The summed E-state index contributed by atoms with van der Waals surface area (Å²) in [6.45, 7) is 3.59. The molecule has 0 amide bonds. The monoisotopic (exact) mass is 180 g/mol. The molecule has 0 aromatic carbocycles. The van der Waals surface area contributed by atoms with Crippen molar-refractivity contribution in [3.8, 4) is 0 Å². The number of allylic oxidation sites excluding steroid dienone is 1. The van der Waals surface area contributed by atoms with Gasteiger partial charge in [0.2, 0.25) is 0 Å². The molecule has 70 valence electrons. The summed E-state index contributed by atoms with van der Waals surface area (Å²) in [5, 5.41) is 0. The highest BCUT2D eigenvalue weighted by Crippen LogP contribution is 2.17. The SMILES string of the molecule is C=CCCC(N)c1ccncc1F. The first-order chi connectivity index (χ1) is 6.25. The van der Waals surface area contributed by atoms with Crippen molar-refractivity contribution < 1.29 is 4.39 Å². The molecule has 2 N–H and O–H groups in total. The van der Waals surface area contributed by atoms with E-state index in [2.05, 4.69) is 11.6 Å². The van der Waals surface area contributed by atoms with Crippen molar-refractivity contribution in [3.63, 3.8) is 0 Å². The number of hydrogen-bond donors (Lipinski definition) is 1. The summed E-state index contributed by atoms with van der Waals surface area (Å²) in [6.07, 6.45) is 6.02. The number of nitrogens with two attached hydrogens (primary N) is 1. The van der Waals surface area contributed by atoms with Crippen molar-refractivity contribution in [3.05, 3.63) is 42.5 Å². The highest BCUT2D eigenvalue weighted by atomic mass is 19.1. The van der Waals surface area contributed by atoms with Crippen LogP contribution < -0.4 is 5.73 Å². The maximum atomic E-state index is 13.1. The Labute approximate surface area is 77.3 Å². The Morgan fingerprint density at radius 3 is 3.08 bits per heavy atom. The van der Waals surface area contributed by atoms with Crippen LogP contribution in [0.1, 0.15) is 24.4 Å². The van der Waals surface area contributed by atoms with E-state index in [0.29, 0.717) is 12.0 Å². The summed E-state index contributed by atoms with van der Waals surface area (Å²) in [5.74, 6) is -0.334. The number of nitrogens with zero attached hydrogens (tertiary/aromatic N) is 1. The molecule has 13 heavy (non-hydrogen) atoms. The van der Waals surface area contributed by atoms with Crippen LogP contribution in [0.2, 0.25) is 0 Å². The van der Waals surface area contributed by atoms with Gasteiger partial charge in [-0.15, -0.1) is 6.58 Å². The molecule has 1 atom stereocenters. The van der Waals surface area contributed by atoms with E-state index in [4.69, 9.17) is 5.73 Å². The summed E-state index contributed by atoms with van der Waals surface area (Å²) in [7, 11) is 0. The lowest BCUT2D eigenvalue weighted by Gasteiger charge is -2.10. The van der Waals surface area contributed by atoms with E-state index < -0.39 is 0 Å². The molecule has 0 fully saturated rings. The molecule has 1 heterocycles. The van der Waals surface area contributed by atoms with E-state index in [0.717, 1.165) is 6.42 Å². The molecule has 0 spiro atoms. The molecular formula is C10H13FN2. The topological polar surface area (TPSA) is 38.9 Å². The predicted molar refractivity (Wildman–Crippen MR) is 50.6 cm³/mol. The summed E-state index contributed by atoms with van der Waals surface area (Å²) in [5.41, 5.74) is 6.29. The summed E-state index contributed by atoms with van der Waals surface area (Å²) in [6, 6.07) is 1.35. The maximum Gasteiger partial charge on any atom is 0.146 e. The molecule has 0 aliphatic rings. The smallest absolute Gasteiger partial charge is 0.146 e. The number of hydrogen-bond acceptors (Lipinski definition) is 2. The van der Waals surface area contributed by atoms with Crippen molar-refractivity contribution >= 4 is 0 Å². The number of rotatable bonds is 4. The van der Waals surface area contributed by atoms with E-state index in [1.165, 1.54) is 6.20 Å². The maximum absolute atomic E-state index is 13.1. The second kappa shape index (κ2) is 4.72. The Kier molecular flexibility index (Phi) is 3.58. The van der Waals surface area contributed by atoms with Crippen LogP contribution in [0.4, 0.5) is 4.39 Å². The lowest BCUT2D eigenvalue weighted by Crippen LogP contribution is -2.11. The largest absolute Gasteiger partial charge is 0.324 e. The van der Waals surface area contributed by atoms with Crippen molar-refractivity contribution in [1.82, 2.24) is 4.98 Å². The van der Waals surface area contributed by atoms with Gasteiger partial charge in [-0.3, -0.25) is 4.98 Å². The number of aromatic nitrogens is 1. The first-order valence-electron chi connectivity index (χ1n) is 4.21. The van der Waals surface area contributed by atoms with Crippen molar-refractivity contribution in [2.75, 3.05) is 0 Å². The zero-order chi connectivity index (χ0) is 9.68. The fourth-order valence-corrected chi connectivity index (χ4v) is 1.14. The predicted octanol–water partition coefficient (Wildman–Crippen LogP) is 2.19. The van der Waals surface area contributed by atoms with E-state index in [1.807, 2.05) is 0 Å². The van der Waals surface area contributed by atoms with E-state index in [-0.39, 0.29) is 11.9 Å². The van der Waals surface area contributed by atoms with Crippen molar-refractivity contribution in [2.45, 2.75) is 18.9 Å². The van der Waals surface area contributed by atoms with Gasteiger partial charge in [-0.25, -0.2) is 4.39 Å². The Balaban J connectivity index is 2.70. The van der Waals surface area contributed by atoms with Gasteiger partial charge >= 0.3 is 0 Å². The quantitative estimate of drug-likeness (QED) is 0.721. The molecule has 2 nitrogen and oxygen atoms in total. The van der Waals surface area contributed by atoms with Gasteiger partial charge in [0.15, 0.2) is 0 Å². The van der Waals surface area contributed by atoms with Gasteiger partial charge < -0.3 is 5.73 Å². The molecule has 3 heteroatoms. The van der Waals surface area contributed by atoms with E-state index >= 15 is 0 Å². The minimum absolute atomic E-state index is 0.263. The second-order valence-electron chi connectivity index (χ2n) is 2.87. The van der Waals surface area contributed by atoms with Crippen LogP contribution in [0.25, 0.3) is 0 Å². The van der Waals surface area contributed by atoms with Crippen molar-refractivity contribution in [1.29, 1.82) is 0 Å². The molecule has 1 rings (SSSR count). The van der Waals surface area contributed by atoms with Crippen LogP contribution >= 0.6 is 0 Å². The van der Waals surface area contributed by atoms with Gasteiger partial charge in [0, 0.05) is 17.8 Å². The summed E-state index contributed by atoms with van der Waals surface area (Å²) in [4.78, 5) is 3.66. The Morgan fingerprint density at radius 1 is 1.69 bits per heavy atom.